The van der Waals surface area contributed by atoms with Gasteiger partial charge in [0.05, 0.1) is 24.7 Å². The van der Waals surface area contributed by atoms with Crippen LogP contribution in [0.25, 0.3) is 0 Å². The van der Waals surface area contributed by atoms with E-state index in [1.807, 2.05) is 12.1 Å². The zero-order chi connectivity index (χ0) is 15.5. The van der Waals surface area contributed by atoms with Gasteiger partial charge in [-0.1, -0.05) is 19.1 Å². The molecule has 2 aliphatic rings. The Kier molecular flexibility index (Phi) is 2.26. The number of hydrogen-bond acceptors (Lipinski definition) is 5. The predicted molar refractivity (Wildman–Crippen MR) is 69.6 cm³/mol. The number of ether oxygens (including phenoxy) is 1. The minimum absolute atomic E-state index is 0.592. The summed E-state index contributed by atoms with van der Waals surface area (Å²) in [4.78, 5) is 24.3. The largest absolute Gasteiger partial charge is 0.497 e. The maximum Gasteiger partial charge on any atom is 0.250 e. The Labute approximate surface area is 120 Å². The van der Waals surface area contributed by atoms with Crippen molar-refractivity contribution in [2.24, 2.45) is 10.8 Å². The fourth-order valence-corrected chi connectivity index (χ4v) is 3.65. The predicted octanol–water partition coefficient (Wildman–Crippen LogP) is 0.643. The SMILES string of the molecule is COc1ccc(C2(C)[C@]3(C#N)C(=O)NC(=O)[C@]23C#N)cc1. The third-order valence-corrected chi connectivity index (χ3v) is 4.91. The van der Waals surface area contributed by atoms with Gasteiger partial charge < -0.3 is 4.74 Å². The normalized spacial score (nSPS) is 36.2. The summed E-state index contributed by atoms with van der Waals surface area (Å²) < 4.78 is 5.07. The number of nitrogens with one attached hydrogen (secondary N) is 1. The fourth-order valence-electron chi connectivity index (χ4n) is 3.65. The van der Waals surface area contributed by atoms with Crippen molar-refractivity contribution >= 4 is 11.8 Å². The van der Waals surface area contributed by atoms with E-state index in [2.05, 4.69) is 5.32 Å². The molecule has 1 unspecified atom stereocenters. The Hall–Kier alpha value is -2.86. The maximum atomic E-state index is 12.1. The molecule has 1 aliphatic carbocycles. The van der Waals surface area contributed by atoms with E-state index in [4.69, 9.17) is 4.74 Å². The van der Waals surface area contributed by atoms with Crippen molar-refractivity contribution in [3.63, 3.8) is 0 Å². The second-order valence-electron chi connectivity index (χ2n) is 5.36. The molecule has 3 rings (SSSR count). The van der Waals surface area contributed by atoms with E-state index in [0.717, 1.165) is 0 Å². The summed E-state index contributed by atoms with van der Waals surface area (Å²) in [5, 5.41) is 21.1. The molecule has 0 spiro atoms. The lowest BCUT2D eigenvalue weighted by Gasteiger charge is -2.18. The van der Waals surface area contributed by atoms with Crippen LogP contribution in [0.2, 0.25) is 0 Å². The van der Waals surface area contributed by atoms with Crippen molar-refractivity contribution < 1.29 is 14.3 Å². The Morgan fingerprint density at radius 3 is 1.90 bits per heavy atom. The first-order valence-electron chi connectivity index (χ1n) is 6.29. The Balaban J connectivity index is 2.23. The number of piperidine rings is 1. The molecule has 1 N–H and O–H groups in total. The number of amides is 2. The van der Waals surface area contributed by atoms with Gasteiger partial charge in [-0.05, 0) is 17.7 Å². The molecule has 1 heterocycles. The topological polar surface area (TPSA) is 103 Å². The summed E-state index contributed by atoms with van der Waals surface area (Å²) >= 11 is 0. The van der Waals surface area contributed by atoms with E-state index in [9.17, 15) is 20.1 Å². The molecule has 0 aromatic heterocycles. The van der Waals surface area contributed by atoms with Crippen LogP contribution in [0.5, 0.6) is 5.75 Å². The number of imide groups is 1. The van der Waals surface area contributed by atoms with Gasteiger partial charge in [-0.15, -0.1) is 0 Å². The average molecular weight is 281 g/mol. The first-order valence-corrected chi connectivity index (χ1v) is 6.29. The van der Waals surface area contributed by atoms with Gasteiger partial charge in [-0.25, -0.2) is 0 Å². The second-order valence-corrected chi connectivity index (χ2v) is 5.36. The molecule has 6 heteroatoms. The van der Waals surface area contributed by atoms with Crippen molar-refractivity contribution in [2.75, 3.05) is 7.11 Å². The molecule has 1 saturated heterocycles. The monoisotopic (exact) mass is 281 g/mol. The summed E-state index contributed by atoms with van der Waals surface area (Å²) in [5.74, 6) is -0.786. The number of hydrogen-bond donors (Lipinski definition) is 1. The summed E-state index contributed by atoms with van der Waals surface area (Å²) in [5.41, 5.74) is -3.90. The van der Waals surface area contributed by atoms with Crippen LogP contribution in [0, 0.1) is 33.5 Å². The summed E-state index contributed by atoms with van der Waals surface area (Å²) in [7, 11) is 1.52. The molecule has 0 bridgehead atoms. The van der Waals surface area contributed by atoms with Crippen molar-refractivity contribution in [3.05, 3.63) is 29.8 Å². The second kappa shape index (κ2) is 3.62. The lowest BCUT2D eigenvalue weighted by atomic mass is 9.85. The Morgan fingerprint density at radius 1 is 1.05 bits per heavy atom. The zero-order valence-corrected chi connectivity index (χ0v) is 11.4. The van der Waals surface area contributed by atoms with Crippen LogP contribution in [-0.4, -0.2) is 18.9 Å². The van der Waals surface area contributed by atoms with Crippen LogP contribution in [0.15, 0.2) is 24.3 Å². The van der Waals surface area contributed by atoms with Crippen LogP contribution in [0.1, 0.15) is 12.5 Å². The van der Waals surface area contributed by atoms with E-state index in [-0.39, 0.29) is 0 Å². The number of carbonyl (C=O) groups is 2. The summed E-state index contributed by atoms with van der Waals surface area (Å²) in [6, 6.07) is 10.5. The van der Waals surface area contributed by atoms with Crippen LogP contribution >= 0.6 is 0 Å². The minimum atomic E-state index is -1.67. The fraction of sp³-hybridized carbons (Fsp3) is 0.333. The Bertz CT molecular complexity index is 718. The molecule has 21 heavy (non-hydrogen) atoms. The standard InChI is InChI=1S/C15H11N3O3/c1-13(9-3-5-10(21-2)6-4-9)14(7-16)11(19)18-12(20)15(13,14)8-17/h3-6H,1-2H3,(H,18,19,20)/t13?,14-,15+. The molecule has 104 valence electrons. The lowest BCUT2D eigenvalue weighted by molar-refractivity contribution is -0.129. The van der Waals surface area contributed by atoms with Gasteiger partial charge >= 0.3 is 0 Å². The molecule has 1 aromatic carbocycles. The molecule has 0 radical (unpaired) electrons. The number of carbonyl (C=O) groups excluding carboxylic acids is 2. The van der Waals surface area contributed by atoms with Gasteiger partial charge in [-0.2, -0.15) is 10.5 Å². The zero-order valence-electron chi connectivity index (χ0n) is 11.4. The highest BCUT2D eigenvalue weighted by Crippen LogP contribution is 2.80. The van der Waals surface area contributed by atoms with Gasteiger partial charge in [-0.3, -0.25) is 14.9 Å². The van der Waals surface area contributed by atoms with Crippen molar-refractivity contribution in [2.45, 2.75) is 12.3 Å². The van der Waals surface area contributed by atoms with Crippen LogP contribution < -0.4 is 10.1 Å². The number of nitriles is 2. The molecule has 6 nitrogen and oxygen atoms in total. The number of benzene rings is 1. The third-order valence-electron chi connectivity index (χ3n) is 4.91. The van der Waals surface area contributed by atoms with E-state index in [1.165, 1.54) is 7.11 Å². The van der Waals surface area contributed by atoms with Crippen molar-refractivity contribution in [3.8, 4) is 17.9 Å². The van der Waals surface area contributed by atoms with Gasteiger partial charge in [0.1, 0.15) is 5.75 Å². The van der Waals surface area contributed by atoms with Gasteiger partial charge in [0.2, 0.25) is 11.8 Å². The maximum absolute atomic E-state index is 12.1. The van der Waals surface area contributed by atoms with Crippen LogP contribution in [-0.2, 0) is 15.0 Å². The first kappa shape index (κ1) is 13.1. The molecule has 2 fully saturated rings. The van der Waals surface area contributed by atoms with Gasteiger partial charge in [0.15, 0.2) is 10.8 Å². The molecule has 1 aromatic rings. The minimum Gasteiger partial charge on any atom is -0.497 e. The molecule has 1 saturated carbocycles. The first-order chi connectivity index (χ1) is 9.96. The molecule has 3 atom stereocenters. The highest BCUT2D eigenvalue weighted by atomic mass is 16.5. The van der Waals surface area contributed by atoms with E-state index >= 15 is 0 Å². The molecule has 2 amide bonds. The van der Waals surface area contributed by atoms with Gasteiger partial charge in [0.25, 0.3) is 0 Å². The van der Waals surface area contributed by atoms with Crippen LogP contribution in [0.4, 0.5) is 0 Å². The third kappa shape index (κ3) is 1.02. The van der Waals surface area contributed by atoms with Crippen molar-refractivity contribution in [1.29, 1.82) is 10.5 Å². The van der Waals surface area contributed by atoms with E-state index < -0.39 is 28.1 Å². The summed E-state index contributed by atoms with van der Waals surface area (Å²) in [6.07, 6.45) is 0. The molecular weight excluding hydrogens is 270 g/mol. The Morgan fingerprint density at radius 2 is 1.52 bits per heavy atom. The molecule has 1 aliphatic heterocycles. The van der Waals surface area contributed by atoms with E-state index in [0.29, 0.717) is 11.3 Å². The van der Waals surface area contributed by atoms with Gasteiger partial charge in [0, 0.05) is 0 Å². The van der Waals surface area contributed by atoms with E-state index in [1.54, 1.807) is 31.2 Å². The average Bonchev–Trinajstić information content (AvgIpc) is 2.92. The highest BCUT2D eigenvalue weighted by molar-refractivity contribution is 6.20. The van der Waals surface area contributed by atoms with Crippen LogP contribution in [0.3, 0.4) is 0 Å². The number of methoxy groups -OCH3 is 1. The summed E-state index contributed by atoms with van der Waals surface area (Å²) in [6.45, 7) is 1.61. The quantitative estimate of drug-likeness (QED) is 0.801. The smallest absolute Gasteiger partial charge is 0.250 e. The lowest BCUT2D eigenvalue weighted by Crippen LogP contribution is -2.38. The number of nitrogens with zero attached hydrogens (tertiary/aromatic N) is 2. The van der Waals surface area contributed by atoms with Crippen molar-refractivity contribution in [1.82, 2.24) is 5.32 Å². The number of rotatable bonds is 2. The highest BCUT2D eigenvalue weighted by Gasteiger charge is 2.97. The number of fused-ring (bicyclic) bond motifs is 1. The molecular formula is C15H11N3O3.